The molecule has 0 aliphatic heterocycles. The number of aromatic carboxylic acids is 1. The third-order valence-corrected chi connectivity index (χ3v) is 3.54. The van der Waals surface area contributed by atoms with Crippen molar-refractivity contribution >= 4 is 23.4 Å². The molecule has 0 amide bonds. The average molecular weight is 267 g/mol. The summed E-state index contributed by atoms with van der Waals surface area (Å²) in [6.45, 7) is 1.75. The molecule has 2 aromatic rings. The summed E-state index contributed by atoms with van der Waals surface area (Å²) >= 11 is 1.10. The van der Waals surface area contributed by atoms with Crippen LogP contribution in [0.15, 0.2) is 38.7 Å². The molecule has 1 heterocycles. The second-order valence-electron chi connectivity index (χ2n) is 3.62. The van der Waals surface area contributed by atoms with Crippen LogP contribution in [0.4, 0.5) is 10.1 Å². The van der Waals surface area contributed by atoms with Gasteiger partial charge in [0.2, 0.25) is 0 Å². The van der Waals surface area contributed by atoms with Gasteiger partial charge in [-0.25, -0.2) is 9.18 Å². The van der Waals surface area contributed by atoms with Crippen molar-refractivity contribution in [1.29, 1.82) is 0 Å². The molecule has 4 nitrogen and oxygen atoms in total. The van der Waals surface area contributed by atoms with Crippen LogP contribution >= 0.6 is 11.8 Å². The fraction of sp³-hybridized carbons (Fsp3) is 0.0833. The minimum Gasteiger partial charge on any atom is -0.478 e. The number of carbonyl (C=O) groups is 1. The lowest BCUT2D eigenvalue weighted by molar-refractivity contribution is 0.0697. The van der Waals surface area contributed by atoms with E-state index >= 15 is 0 Å². The maximum absolute atomic E-state index is 13.7. The third kappa shape index (κ3) is 2.33. The molecule has 1 aromatic heterocycles. The van der Waals surface area contributed by atoms with E-state index in [9.17, 15) is 9.18 Å². The zero-order valence-corrected chi connectivity index (χ0v) is 10.3. The van der Waals surface area contributed by atoms with Crippen molar-refractivity contribution < 1.29 is 18.7 Å². The highest BCUT2D eigenvalue weighted by atomic mass is 32.2. The molecule has 0 saturated heterocycles. The van der Waals surface area contributed by atoms with E-state index in [-0.39, 0.29) is 16.1 Å². The molecule has 6 heteroatoms. The molecule has 0 atom stereocenters. The Morgan fingerprint density at radius 3 is 2.72 bits per heavy atom. The van der Waals surface area contributed by atoms with Crippen molar-refractivity contribution in [3.05, 3.63) is 41.6 Å². The van der Waals surface area contributed by atoms with Gasteiger partial charge in [0, 0.05) is 10.6 Å². The van der Waals surface area contributed by atoms with Crippen molar-refractivity contribution in [3.8, 4) is 0 Å². The lowest BCUT2D eigenvalue weighted by atomic mass is 10.2. The van der Waals surface area contributed by atoms with Crippen LogP contribution in [0, 0.1) is 12.7 Å². The molecule has 1 aromatic carbocycles. The molecule has 18 heavy (non-hydrogen) atoms. The summed E-state index contributed by atoms with van der Waals surface area (Å²) < 4.78 is 18.8. The first-order valence-corrected chi connectivity index (χ1v) is 5.85. The smallest absolute Gasteiger partial charge is 0.337 e. The monoisotopic (exact) mass is 267 g/mol. The highest BCUT2D eigenvalue weighted by molar-refractivity contribution is 7.99. The number of nitrogens with two attached hydrogens (primary N) is 1. The highest BCUT2D eigenvalue weighted by Crippen LogP contribution is 2.34. The Kier molecular flexibility index (Phi) is 3.29. The number of furan rings is 1. The zero-order valence-electron chi connectivity index (χ0n) is 9.44. The molecule has 2 rings (SSSR count). The van der Waals surface area contributed by atoms with Crippen LogP contribution in [-0.2, 0) is 0 Å². The van der Waals surface area contributed by atoms with Crippen molar-refractivity contribution in [1.82, 2.24) is 0 Å². The molecule has 0 spiro atoms. The molecule has 3 N–H and O–H groups in total. The number of anilines is 1. The average Bonchev–Trinajstić information content (AvgIpc) is 2.67. The van der Waals surface area contributed by atoms with Gasteiger partial charge in [0.1, 0.15) is 11.6 Å². The van der Waals surface area contributed by atoms with Crippen LogP contribution in [0.1, 0.15) is 16.1 Å². The molecule has 0 aliphatic carbocycles. The van der Waals surface area contributed by atoms with Gasteiger partial charge in [0.05, 0.1) is 16.7 Å². The van der Waals surface area contributed by atoms with Gasteiger partial charge in [-0.1, -0.05) is 11.8 Å². The summed E-state index contributed by atoms with van der Waals surface area (Å²) in [6, 6.07) is 3.93. The largest absolute Gasteiger partial charge is 0.478 e. The Labute approximate surface area is 107 Å². The highest BCUT2D eigenvalue weighted by Gasteiger charge is 2.15. The maximum Gasteiger partial charge on any atom is 0.337 e. The molecular weight excluding hydrogens is 257 g/mol. The van der Waals surface area contributed by atoms with Gasteiger partial charge in [-0.3, -0.25) is 0 Å². The summed E-state index contributed by atoms with van der Waals surface area (Å²) in [4.78, 5) is 11.9. The van der Waals surface area contributed by atoms with Crippen LogP contribution < -0.4 is 5.73 Å². The van der Waals surface area contributed by atoms with Crippen LogP contribution in [0.25, 0.3) is 0 Å². The van der Waals surface area contributed by atoms with E-state index in [2.05, 4.69) is 0 Å². The maximum atomic E-state index is 13.7. The fourth-order valence-electron chi connectivity index (χ4n) is 1.43. The Balaban J connectivity index is 2.42. The number of carboxylic acid groups (broad SMARTS) is 1. The minimum atomic E-state index is -1.18. The van der Waals surface area contributed by atoms with Crippen LogP contribution in [0.5, 0.6) is 0 Å². The summed E-state index contributed by atoms with van der Waals surface area (Å²) in [6.07, 6.45) is 1.49. The van der Waals surface area contributed by atoms with E-state index in [4.69, 9.17) is 15.3 Å². The molecular formula is C12H10FNO3S. The fourth-order valence-corrected chi connectivity index (χ4v) is 2.32. The molecule has 0 unspecified atom stereocenters. The Morgan fingerprint density at radius 1 is 1.44 bits per heavy atom. The zero-order chi connectivity index (χ0) is 13.3. The first-order chi connectivity index (χ1) is 8.49. The quantitative estimate of drug-likeness (QED) is 0.835. The molecule has 0 saturated carbocycles. The minimum absolute atomic E-state index is 0.0896. The molecule has 0 radical (unpaired) electrons. The third-order valence-electron chi connectivity index (χ3n) is 2.37. The number of hydrogen-bond acceptors (Lipinski definition) is 4. The van der Waals surface area contributed by atoms with Gasteiger partial charge in [0.15, 0.2) is 0 Å². The predicted octanol–water partition coefficient (Wildman–Crippen LogP) is 3.16. The number of benzene rings is 1. The van der Waals surface area contributed by atoms with E-state index < -0.39 is 11.8 Å². The standard InChI is InChI=1S/C12H10FNO3S/c1-6-10(2-3-17-6)18-11-4-7(12(15)16)9(14)5-8(11)13/h2-5H,14H2,1H3,(H,15,16). The van der Waals surface area contributed by atoms with Gasteiger partial charge < -0.3 is 15.3 Å². The number of carboxylic acids is 1. The number of aryl methyl sites for hydroxylation is 1. The Morgan fingerprint density at radius 2 is 2.17 bits per heavy atom. The number of halogens is 1. The van der Waals surface area contributed by atoms with Crippen LogP contribution in [0.3, 0.4) is 0 Å². The molecule has 0 fully saturated rings. The second-order valence-corrected chi connectivity index (χ2v) is 4.70. The Bertz CT molecular complexity index is 609. The van der Waals surface area contributed by atoms with Gasteiger partial charge in [0.25, 0.3) is 0 Å². The molecule has 0 aliphatic rings. The topological polar surface area (TPSA) is 76.5 Å². The van der Waals surface area contributed by atoms with Gasteiger partial charge >= 0.3 is 5.97 Å². The number of nitrogen functional groups attached to an aromatic ring is 1. The first kappa shape index (κ1) is 12.5. The van der Waals surface area contributed by atoms with Gasteiger partial charge in [-0.2, -0.15) is 0 Å². The normalized spacial score (nSPS) is 10.6. The van der Waals surface area contributed by atoms with Crippen LogP contribution in [-0.4, -0.2) is 11.1 Å². The first-order valence-electron chi connectivity index (χ1n) is 5.03. The number of hydrogen-bond donors (Lipinski definition) is 2. The van der Waals surface area contributed by atoms with Crippen molar-refractivity contribution in [3.63, 3.8) is 0 Å². The van der Waals surface area contributed by atoms with E-state index in [1.165, 1.54) is 12.3 Å². The summed E-state index contributed by atoms with van der Waals surface area (Å²) in [7, 11) is 0. The SMILES string of the molecule is Cc1occc1Sc1cc(C(=O)O)c(N)cc1F. The Hall–Kier alpha value is -1.95. The number of rotatable bonds is 3. The van der Waals surface area contributed by atoms with E-state index in [0.717, 1.165) is 22.7 Å². The lowest BCUT2D eigenvalue weighted by Gasteiger charge is -2.06. The van der Waals surface area contributed by atoms with E-state index in [1.54, 1.807) is 13.0 Å². The predicted molar refractivity (Wildman–Crippen MR) is 65.3 cm³/mol. The van der Waals surface area contributed by atoms with Gasteiger partial charge in [-0.05, 0) is 25.1 Å². The van der Waals surface area contributed by atoms with Gasteiger partial charge in [-0.15, -0.1) is 0 Å². The van der Waals surface area contributed by atoms with E-state index in [0.29, 0.717) is 5.76 Å². The summed E-state index contributed by atoms with van der Waals surface area (Å²) in [5.41, 5.74) is 5.25. The van der Waals surface area contributed by atoms with Crippen molar-refractivity contribution in [2.75, 3.05) is 5.73 Å². The molecule has 0 bridgehead atoms. The summed E-state index contributed by atoms with van der Waals surface area (Å²) in [5.74, 6) is -1.09. The second kappa shape index (κ2) is 4.73. The van der Waals surface area contributed by atoms with Crippen molar-refractivity contribution in [2.24, 2.45) is 0 Å². The summed E-state index contributed by atoms with van der Waals surface area (Å²) in [5, 5.41) is 8.93. The van der Waals surface area contributed by atoms with Crippen LogP contribution in [0.2, 0.25) is 0 Å². The van der Waals surface area contributed by atoms with Crippen molar-refractivity contribution in [2.45, 2.75) is 16.7 Å². The lowest BCUT2D eigenvalue weighted by Crippen LogP contribution is -2.03. The molecule has 94 valence electrons. The van der Waals surface area contributed by atoms with E-state index in [1.807, 2.05) is 0 Å².